The molecule has 0 aromatic carbocycles. The Labute approximate surface area is 84.7 Å². The van der Waals surface area contributed by atoms with Gasteiger partial charge in [0.1, 0.15) is 0 Å². The molecular formula is C8H16Y-2. The van der Waals surface area contributed by atoms with E-state index in [-0.39, 0.29) is 40.1 Å². The van der Waals surface area contributed by atoms with Crippen LogP contribution in [-0.2, 0) is 32.7 Å². The van der Waals surface area contributed by atoms with E-state index in [2.05, 4.69) is 6.92 Å². The molecule has 0 nitrogen and oxygen atoms in total. The van der Waals surface area contributed by atoms with Crippen LogP contribution in [0, 0.1) is 26.2 Å². The Bertz CT molecular complexity index is 41.3. The van der Waals surface area contributed by atoms with E-state index < -0.39 is 0 Å². The molecule has 0 unspecified atom stereocenters. The van der Waals surface area contributed by atoms with Crippen molar-refractivity contribution in [2.24, 2.45) is 11.8 Å². The summed E-state index contributed by atoms with van der Waals surface area (Å²) in [6, 6.07) is 0. The van der Waals surface area contributed by atoms with Crippen LogP contribution in [0.4, 0.5) is 0 Å². The second-order valence-electron chi connectivity index (χ2n) is 2.44. The van der Waals surface area contributed by atoms with Crippen molar-refractivity contribution in [3.63, 3.8) is 0 Å². The summed E-state index contributed by atoms with van der Waals surface area (Å²) in [7, 11) is 0. The van der Waals surface area contributed by atoms with Gasteiger partial charge in [-0.15, -0.1) is 0 Å². The first kappa shape index (κ1) is 12.8. The maximum atomic E-state index is 3.25. The van der Waals surface area contributed by atoms with Gasteiger partial charge >= 0.3 is 0 Å². The van der Waals surface area contributed by atoms with Crippen LogP contribution in [0.25, 0.3) is 0 Å². The van der Waals surface area contributed by atoms with Gasteiger partial charge < -0.3 is 14.4 Å². The molecule has 0 amide bonds. The Kier molecular flexibility index (Phi) is 8.30. The van der Waals surface area contributed by atoms with Crippen molar-refractivity contribution >= 4 is 0 Å². The Balaban J connectivity index is 0. The van der Waals surface area contributed by atoms with Crippen LogP contribution in [0.15, 0.2) is 0 Å². The Morgan fingerprint density at radius 1 is 1.00 bits per heavy atom. The molecule has 3 rings (SSSR count). The van der Waals surface area contributed by atoms with E-state index in [1.54, 1.807) is 26.2 Å². The zero-order chi connectivity index (χ0) is 5.28. The van der Waals surface area contributed by atoms with E-state index in [1.165, 1.54) is 11.8 Å². The van der Waals surface area contributed by atoms with E-state index in [4.69, 9.17) is 0 Å². The van der Waals surface area contributed by atoms with Gasteiger partial charge in [0.25, 0.3) is 0 Å². The third-order valence-corrected chi connectivity index (χ3v) is 2.00. The maximum absolute atomic E-state index is 3.25. The molecule has 0 aromatic heterocycles. The molecular weight excluding hydrogens is 185 g/mol. The van der Waals surface area contributed by atoms with Crippen molar-refractivity contribution in [2.75, 3.05) is 0 Å². The molecule has 1 heteroatoms. The molecule has 3 fully saturated rings. The molecule has 3 aliphatic rings. The summed E-state index contributed by atoms with van der Waals surface area (Å²) < 4.78 is 0. The fourth-order valence-electron chi connectivity index (χ4n) is 1.21. The number of hydrogen-bond donors (Lipinski definition) is 0. The summed E-state index contributed by atoms with van der Waals surface area (Å²) in [4.78, 5) is 0. The number of rotatable bonds is 0. The van der Waals surface area contributed by atoms with Gasteiger partial charge in [-0.05, 0) is 31.1 Å². The quantitative estimate of drug-likeness (QED) is 0.528. The van der Waals surface area contributed by atoms with E-state index in [0.29, 0.717) is 0 Å². The molecule has 0 atom stereocenters. The Morgan fingerprint density at radius 2 is 1.11 bits per heavy atom. The van der Waals surface area contributed by atoms with Crippen molar-refractivity contribution in [1.82, 2.24) is 0 Å². The third kappa shape index (κ3) is 2.68. The van der Waals surface area contributed by atoms with Gasteiger partial charge in [-0.25, -0.2) is 0 Å². The smallest absolute Gasteiger partial charge is 0 e. The summed E-state index contributed by atoms with van der Waals surface area (Å²) in [5, 5.41) is 0. The first-order chi connectivity index (χ1) is 3.45. The summed E-state index contributed by atoms with van der Waals surface area (Å²) in [6.07, 6.45) is 4.75. The van der Waals surface area contributed by atoms with E-state index in [0.717, 1.165) is 0 Å². The van der Waals surface area contributed by atoms with Crippen molar-refractivity contribution in [2.45, 2.75) is 26.2 Å². The van der Waals surface area contributed by atoms with Crippen molar-refractivity contribution < 1.29 is 32.7 Å². The van der Waals surface area contributed by atoms with Crippen LogP contribution in [0.2, 0.25) is 0 Å². The molecule has 9 heavy (non-hydrogen) atoms. The van der Waals surface area contributed by atoms with Gasteiger partial charge in [-0.1, -0.05) is 0 Å². The average Bonchev–Trinajstić information content (AvgIpc) is 1.30. The number of hydrogen-bond acceptors (Lipinski definition) is 0. The fraction of sp³-hybridized carbons (Fsp3) is 0.750. The molecule has 3 saturated carbocycles. The molecule has 0 aliphatic heterocycles. The van der Waals surface area contributed by atoms with E-state index >= 15 is 0 Å². The first-order valence-corrected chi connectivity index (χ1v) is 3.16. The minimum Gasteiger partial charge on any atom is -0.358 e. The van der Waals surface area contributed by atoms with E-state index in [1.807, 2.05) is 0 Å². The second-order valence-corrected chi connectivity index (χ2v) is 2.44. The summed E-state index contributed by atoms with van der Waals surface area (Å²) in [5.41, 5.74) is 0. The summed E-state index contributed by atoms with van der Waals surface area (Å²) >= 11 is 0. The topological polar surface area (TPSA) is 0 Å². The summed E-state index contributed by atoms with van der Waals surface area (Å²) in [6.45, 7) is 5.00. The van der Waals surface area contributed by atoms with Crippen molar-refractivity contribution in [1.29, 1.82) is 0 Å². The zero-order valence-electron chi connectivity index (χ0n) is 6.56. The van der Waals surface area contributed by atoms with Crippen LogP contribution >= 0.6 is 0 Å². The van der Waals surface area contributed by atoms with Gasteiger partial charge in [0.05, 0.1) is 0 Å². The standard InChI is InChI=1S/C5H8.C2H5.CH3.Y/c1-4-2-5(1)3-4;1-2;;/h4-5H,1-3H2;1H2,2H3;1H3;/q;2*-1;. The van der Waals surface area contributed by atoms with Crippen LogP contribution in [-0.4, -0.2) is 0 Å². The monoisotopic (exact) mass is 201 g/mol. The zero-order valence-corrected chi connectivity index (χ0v) is 9.40. The minimum atomic E-state index is 0. The Morgan fingerprint density at radius 3 is 1.11 bits per heavy atom. The molecule has 0 spiro atoms. The van der Waals surface area contributed by atoms with Gasteiger partial charge in [-0.2, -0.15) is 6.92 Å². The van der Waals surface area contributed by atoms with E-state index in [9.17, 15) is 0 Å². The predicted molar refractivity (Wildman–Crippen MR) is 38.3 cm³/mol. The van der Waals surface area contributed by atoms with Gasteiger partial charge in [0.2, 0.25) is 0 Å². The fourth-order valence-corrected chi connectivity index (χ4v) is 1.21. The largest absolute Gasteiger partial charge is 0.358 e. The molecule has 1 radical (unpaired) electrons. The predicted octanol–water partition coefficient (Wildman–Crippen LogP) is 2.70. The molecule has 2 bridgehead atoms. The van der Waals surface area contributed by atoms with Crippen molar-refractivity contribution in [3.05, 3.63) is 14.4 Å². The van der Waals surface area contributed by atoms with Crippen molar-refractivity contribution in [3.8, 4) is 0 Å². The Hall–Kier alpha value is 1.10. The van der Waals surface area contributed by atoms with Crippen LogP contribution in [0.1, 0.15) is 26.2 Å². The molecule has 0 N–H and O–H groups in total. The van der Waals surface area contributed by atoms with Crippen LogP contribution < -0.4 is 0 Å². The molecule has 3 aliphatic carbocycles. The SMILES string of the molecule is C1C2CC1C2.[CH2-]C.[CH3-].[Y]. The van der Waals surface area contributed by atoms with Gasteiger partial charge in [-0.3, -0.25) is 0 Å². The normalized spacial score (nSPS) is 32.7. The molecule has 0 aromatic rings. The third-order valence-electron chi connectivity index (χ3n) is 2.00. The van der Waals surface area contributed by atoms with Gasteiger partial charge in [0.15, 0.2) is 0 Å². The van der Waals surface area contributed by atoms with Crippen LogP contribution in [0.3, 0.4) is 0 Å². The maximum Gasteiger partial charge on any atom is 0 e. The molecule has 0 saturated heterocycles. The molecule has 53 valence electrons. The average molecular weight is 201 g/mol. The second kappa shape index (κ2) is 5.86. The molecule has 0 heterocycles. The van der Waals surface area contributed by atoms with Crippen LogP contribution in [0.5, 0.6) is 0 Å². The minimum absolute atomic E-state index is 0. The van der Waals surface area contributed by atoms with Gasteiger partial charge in [0, 0.05) is 32.7 Å². The first-order valence-electron chi connectivity index (χ1n) is 3.16. The summed E-state index contributed by atoms with van der Waals surface area (Å²) in [5.74, 6) is 2.42.